The molecule has 8 heteroatoms. The van der Waals surface area contributed by atoms with E-state index in [9.17, 15) is 30.7 Å². The number of halogens is 7. The van der Waals surface area contributed by atoms with Crippen molar-refractivity contribution >= 4 is 11.8 Å². The highest BCUT2D eigenvalue weighted by atomic mass is 19.4. The Hall–Kier alpha value is -2.51. The predicted octanol–water partition coefficient (Wildman–Crippen LogP) is 5.92. The van der Waals surface area contributed by atoms with Crippen LogP contribution >= 0.6 is 0 Å². The summed E-state index contributed by atoms with van der Waals surface area (Å²) >= 11 is 0. The second kappa shape index (κ2) is 6.58. The molecule has 0 aliphatic carbocycles. The lowest BCUT2D eigenvalue weighted by Crippen LogP contribution is -2.65. The second-order valence-electron chi connectivity index (χ2n) is 6.18. The van der Waals surface area contributed by atoms with Crippen molar-refractivity contribution in [1.82, 2.24) is 0 Å². The van der Waals surface area contributed by atoms with Crippen LogP contribution in [0.25, 0.3) is 6.08 Å². The maximum absolute atomic E-state index is 14.8. The Morgan fingerprint density at radius 3 is 1.89 bits per heavy atom. The van der Waals surface area contributed by atoms with Crippen LogP contribution in [-0.4, -0.2) is 24.1 Å². The molecule has 1 heterocycles. The topological polar surface area (TPSA) is 3.24 Å². The van der Waals surface area contributed by atoms with Gasteiger partial charge in [-0.05, 0) is 17.2 Å². The van der Waals surface area contributed by atoms with Crippen LogP contribution in [0.15, 0.2) is 60.7 Å². The minimum Gasteiger partial charge on any atom is -0.356 e. The lowest BCUT2D eigenvalue weighted by Gasteiger charge is -2.44. The molecule has 0 bridgehead atoms. The lowest BCUT2D eigenvalue weighted by molar-refractivity contribution is -0.344. The van der Waals surface area contributed by atoms with Gasteiger partial charge in [0.1, 0.15) is 6.04 Å². The average Bonchev–Trinajstić information content (AvgIpc) is 2.60. The van der Waals surface area contributed by atoms with Gasteiger partial charge in [0.25, 0.3) is 0 Å². The van der Waals surface area contributed by atoms with Crippen LogP contribution in [0.4, 0.5) is 36.4 Å². The summed E-state index contributed by atoms with van der Waals surface area (Å²) < 4.78 is 94.7. The van der Waals surface area contributed by atoms with Crippen molar-refractivity contribution in [1.29, 1.82) is 0 Å². The largest absolute Gasteiger partial charge is 0.434 e. The van der Waals surface area contributed by atoms with Gasteiger partial charge in [0.05, 0.1) is 0 Å². The number of alkyl halides is 7. The van der Waals surface area contributed by atoms with Gasteiger partial charge in [0, 0.05) is 12.2 Å². The van der Waals surface area contributed by atoms with Gasteiger partial charge in [0.15, 0.2) is 0 Å². The molecular formula is C19H14F7N. The maximum atomic E-state index is 14.8. The molecule has 3 rings (SSSR count). The Bertz CT molecular complexity index is 810. The second-order valence-corrected chi connectivity index (χ2v) is 6.18. The monoisotopic (exact) mass is 389 g/mol. The number of benzene rings is 2. The van der Waals surface area contributed by atoms with E-state index in [0.29, 0.717) is 17.2 Å². The first-order chi connectivity index (χ1) is 12.6. The third kappa shape index (κ3) is 3.28. The Morgan fingerprint density at radius 2 is 1.30 bits per heavy atom. The number of hydrogen-bond acceptors (Lipinski definition) is 1. The quantitative estimate of drug-likeness (QED) is 0.589. The van der Waals surface area contributed by atoms with Crippen molar-refractivity contribution < 1.29 is 30.7 Å². The summed E-state index contributed by atoms with van der Waals surface area (Å²) in [6.07, 6.45) is -10.6. The van der Waals surface area contributed by atoms with E-state index in [0.717, 1.165) is 11.0 Å². The van der Waals surface area contributed by atoms with Gasteiger partial charge in [-0.3, -0.25) is 0 Å². The Morgan fingerprint density at radius 1 is 0.741 bits per heavy atom. The molecule has 0 fully saturated rings. The predicted molar refractivity (Wildman–Crippen MR) is 87.8 cm³/mol. The van der Waals surface area contributed by atoms with Gasteiger partial charge < -0.3 is 4.90 Å². The Kier molecular flexibility index (Phi) is 4.69. The van der Waals surface area contributed by atoms with Gasteiger partial charge in [-0.1, -0.05) is 60.7 Å². The molecule has 144 valence electrons. The van der Waals surface area contributed by atoms with Crippen LogP contribution in [0, 0.1) is 0 Å². The first kappa shape index (κ1) is 19.3. The molecule has 1 aliphatic rings. The maximum Gasteiger partial charge on any atom is 0.434 e. The first-order valence-electron chi connectivity index (χ1n) is 7.96. The summed E-state index contributed by atoms with van der Waals surface area (Å²) in [6, 6.07) is 11.4. The zero-order chi connectivity index (χ0) is 19.9. The number of anilines is 1. The van der Waals surface area contributed by atoms with Crippen molar-refractivity contribution in [2.45, 2.75) is 30.6 Å². The molecule has 1 unspecified atom stereocenters. The highest BCUT2D eigenvalue weighted by Crippen LogP contribution is 2.52. The summed E-state index contributed by atoms with van der Waals surface area (Å²) in [5.74, 6) is 0. The summed E-state index contributed by atoms with van der Waals surface area (Å²) in [5, 5.41) is 0. The SMILES string of the molecule is FC(F)(F)C(F)(C1C=Cc2ccccc2N1Cc1ccccc1)C(F)(F)F. The van der Waals surface area contributed by atoms with E-state index in [4.69, 9.17) is 0 Å². The van der Waals surface area contributed by atoms with E-state index >= 15 is 0 Å². The van der Waals surface area contributed by atoms with E-state index in [1.807, 2.05) is 0 Å². The van der Waals surface area contributed by atoms with Gasteiger partial charge in [0.2, 0.25) is 0 Å². The third-order valence-electron chi connectivity index (χ3n) is 4.47. The molecule has 0 N–H and O–H groups in total. The van der Waals surface area contributed by atoms with Crippen molar-refractivity contribution in [3.8, 4) is 0 Å². The fraction of sp³-hybridized carbons (Fsp3) is 0.263. The molecule has 0 radical (unpaired) electrons. The zero-order valence-electron chi connectivity index (χ0n) is 13.7. The van der Waals surface area contributed by atoms with Gasteiger partial charge in [-0.25, -0.2) is 4.39 Å². The van der Waals surface area contributed by atoms with Crippen molar-refractivity contribution in [3.05, 3.63) is 71.8 Å². The zero-order valence-corrected chi connectivity index (χ0v) is 13.7. The smallest absolute Gasteiger partial charge is 0.356 e. The van der Waals surface area contributed by atoms with E-state index in [1.54, 1.807) is 42.5 Å². The van der Waals surface area contributed by atoms with Crippen molar-refractivity contribution in [3.63, 3.8) is 0 Å². The van der Waals surface area contributed by atoms with Gasteiger partial charge in [-0.2, -0.15) is 26.3 Å². The Labute approximate surface area is 150 Å². The van der Waals surface area contributed by atoms with Crippen molar-refractivity contribution in [2.24, 2.45) is 0 Å². The molecule has 0 saturated heterocycles. The van der Waals surface area contributed by atoms with Crippen LogP contribution < -0.4 is 4.90 Å². The standard InChI is InChI=1S/C19H14F7N/c20-17(18(21,22)23,19(24,25)26)16-11-10-14-8-4-5-9-15(14)27(16)12-13-6-2-1-3-7-13/h1-11,16H,12H2. The summed E-state index contributed by atoms with van der Waals surface area (Å²) in [4.78, 5) is 0.811. The van der Waals surface area contributed by atoms with Crippen LogP contribution in [0.2, 0.25) is 0 Å². The molecular weight excluding hydrogens is 375 g/mol. The molecule has 0 aromatic heterocycles. The normalized spacial score (nSPS) is 17.7. The summed E-state index contributed by atoms with van der Waals surface area (Å²) in [5.41, 5.74) is -4.45. The fourth-order valence-corrected chi connectivity index (χ4v) is 3.15. The molecule has 0 amide bonds. The van der Waals surface area contributed by atoms with Crippen LogP contribution in [0.5, 0.6) is 0 Å². The minimum atomic E-state index is -6.14. The van der Waals surface area contributed by atoms with Gasteiger partial charge in [-0.15, -0.1) is 0 Å². The first-order valence-corrected chi connectivity index (χ1v) is 7.96. The van der Waals surface area contributed by atoms with Crippen LogP contribution in [-0.2, 0) is 6.54 Å². The minimum absolute atomic E-state index is 0.101. The molecule has 2 aromatic rings. The number of rotatable bonds is 3. The molecule has 2 aromatic carbocycles. The highest BCUT2D eigenvalue weighted by molar-refractivity contribution is 5.73. The molecule has 0 saturated carbocycles. The summed E-state index contributed by atoms with van der Waals surface area (Å²) in [7, 11) is 0. The molecule has 0 spiro atoms. The number of fused-ring (bicyclic) bond motifs is 1. The third-order valence-corrected chi connectivity index (χ3v) is 4.47. The van der Waals surface area contributed by atoms with E-state index < -0.39 is 24.1 Å². The molecule has 1 aliphatic heterocycles. The summed E-state index contributed by atoms with van der Waals surface area (Å²) in [6.45, 7) is -0.315. The number of para-hydroxylation sites is 1. The number of hydrogen-bond donors (Lipinski definition) is 0. The van der Waals surface area contributed by atoms with E-state index in [2.05, 4.69) is 0 Å². The molecule has 1 nitrogen and oxygen atoms in total. The van der Waals surface area contributed by atoms with Gasteiger partial charge >= 0.3 is 18.0 Å². The van der Waals surface area contributed by atoms with Crippen molar-refractivity contribution in [2.75, 3.05) is 4.90 Å². The lowest BCUT2D eigenvalue weighted by atomic mass is 9.88. The average molecular weight is 389 g/mol. The van der Waals surface area contributed by atoms with Crippen LogP contribution in [0.3, 0.4) is 0 Å². The molecule has 1 atom stereocenters. The highest BCUT2D eigenvalue weighted by Gasteiger charge is 2.76. The van der Waals surface area contributed by atoms with E-state index in [-0.39, 0.29) is 12.2 Å². The fourth-order valence-electron chi connectivity index (χ4n) is 3.15. The number of nitrogens with zero attached hydrogens (tertiary/aromatic N) is 1. The Balaban J connectivity index is 2.15. The van der Waals surface area contributed by atoms with Crippen LogP contribution in [0.1, 0.15) is 11.1 Å². The van der Waals surface area contributed by atoms with E-state index in [1.165, 1.54) is 12.1 Å². The molecule has 27 heavy (non-hydrogen) atoms.